The number of carbonyl (C=O) groups excluding carboxylic acids is 2. The van der Waals surface area contributed by atoms with Crippen molar-refractivity contribution in [2.24, 2.45) is 5.41 Å². The second kappa shape index (κ2) is 8.63. The van der Waals surface area contributed by atoms with Gasteiger partial charge in [-0.2, -0.15) is 0 Å². The summed E-state index contributed by atoms with van der Waals surface area (Å²) in [5.74, 6) is -0.917. The van der Waals surface area contributed by atoms with Crippen molar-refractivity contribution < 1.29 is 14.3 Å². The van der Waals surface area contributed by atoms with Gasteiger partial charge in [0.25, 0.3) is 0 Å². The van der Waals surface area contributed by atoms with Crippen LogP contribution in [0.3, 0.4) is 0 Å². The lowest BCUT2D eigenvalue weighted by Gasteiger charge is -2.40. The fourth-order valence-corrected chi connectivity index (χ4v) is 5.58. The topological polar surface area (TPSA) is 55.4 Å². The highest BCUT2D eigenvalue weighted by atomic mass is 35.5. The number of hydrogen-bond acceptors (Lipinski definition) is 4. The Morgan fingerprint density at radius 2 is 1.84 bits per heavy atom. The van der Waals surface area contributed by atoms with Crippen molar-refractivity contribution in [1.82, 2.24) is 5.32 Å². The largest absolute Gasteiger partial charge is 0.459 e. The third-order valence-electron chi connectivity index (χ3n) is 6.58. The van der Waals surface area contributed by atoms with Crippen LogP contribution >= 0.6 is 23.2 Å². The highest BCUT2D eigenvalue weighted by Gasteiger charge is 2.44. The fraction of sp³-hybridized carbons (Fsp3) is 0.520. The van der Waals surface area contributed by atoms with E-state index in [0.717, 1.165) is 37.8 Å². The molecule has 31 heavy (non-hydrogen) atoms. The van der Waals surface area contributed by atoms with Crippen LogP contribution in [0.4, 0.5) is 0 Å². The average Bonchev–Trinajstić information content (AvgIpc) is 2.68. The lowest BCUT2D eigenvalue weighted by Crippen LogP contribution is -2.39. The first kappa shape index (κ1) is 22.4. The molecule has 1 saturated carbocycles. The Bertz CT molecular complexity index is 986. The molecule has 1 atom stereocenters. The number of Topliss-reactive ketones (excluding diaryl/α,β-unsaturated/α-hetero) is 1. The Labute approximate surface area is 194 Å². The van der Waals surface area contributed by atoms with Crippen LogP contribution in [0.1, 0.15) is 77.2 Å². The second-order valence-electron chi connectivity index (χ2n) is 9.74. The number of halogens is 2. The van der Waals surface area contributed by atoms with Gasteiger partial charge in [-0.05, 0) is 56.1 Å². The summed E-state index contributed by atoms with van der Waals surface area (Å²) in [6, 6.07) is 5.37. The standard InChI is InChI=1S/C25H29Cl2NO3/c1-14-20(24(30)31-15-8-5-4-6-9-15)21(16-10-7-11-17(26)23(16)27)22-18(28-14)12-25(2,3)13-19(22)29/h7,10-11,15,21,28H,4-6,8-9,12-13H2,1-3H3. The van der Waals surface area contributed by atoms with E-state index in [2.05, 4.69) is 19.2 Å². The van der Waals surface area contributed by atoms with Gasteiger partial charge in [-0.25, -0.2) is 4.79 Å². The Morgan fingerprint density at radius 3 is 2.55 bits per heavy atom. The molecule has 1 fully saturated rings. The van der Waals surface area contributed by atoms with E-state index in [1.807, 2.05) is 19.1 Å². The number of benzene rings is 1. The van der Waals surface area contributed by atoms with Crippen molar-refractivity contribution in [1.29, 1.82) is 0 Å². The minimum absolute atomic E-state index is 0.0373. The van der Waals surface area contributed by atoms with E-state index >= 15 is 0 Å². The Kier molecular flexibility index (Phi) is 6.24. The third kappa shape index (κ3) is 4.42. The molecule has 0 aromatic heterocycles. The predicted octanol–water partition coefficient (Wildman–Crippen LogP) is 6.47. The van der Waals surface area contributed by atoms with E-state index in [1.165, 1.54) is 6.42 Å². The van der Waals surface area contributed by atoms with E-state index in [0.29, 0.717) is 38.9 Å². The first-order valence-corrected chi connectivity index (χ1v) is 11.8. The van der Waals surface area contributed by atoms with E-state index in [-0.39, 0.29) is 23.3 Å². The van der Waals surface area contributed by atoms with Crippen molar-refractivity contribution in [3.63, 3.8) is 0 Å². The van der Waals surface area contributed by atoms with Gasteiger partial charge in [0.1, 0.15) is 6.10 Å². The summed E-state index contributed by atoms with van der Waals surface area (Å²) in [5.41, 5.74) is 3.18. The summed E-state index contributed by atoms with van der Waals surface area (Å²) >= 11 is 12.9. The van der Waals surface area contributed by atoms with Gasteiger partial charge < -0.3 is 10.1 Å². The van der Waals surface area contributed by atoms with Gasteiger partial charge in [0.2, 0.25) is 0 Å². The SMILES string of the molecule is CC1=C(C(=O)OC2CCCCC2)C(c2cccc(Cl)c2Cl)C2=C(CC(C)(C)CC2=O)N1. The first-order chi connectivity index (χ1) is 14.7. The van der Waals surface area contributed by atoms with Crippen LogP contribution in [0, 0.1) is 5.41 Å². The molecule has 1 aromatic carbocycles. The molecule has 1 unspecified atom stereocenters. The zero-order chi connectivity index (χ0) is 22.3. The van der Waals surface area contributed by atoms with Crippen molar-refractivity contribution >= 4 is 35.0 Å². The van der Waals surface area contributed by atoms with Gasteiger partial charge in [0.05, 0.1) is 15.6 Å². The third-order valence-corrected chi connectivity index (χ3v) is 7.41. The lowest BCUT2D eigenvalue weighted by atomic mass is 9.68. The second-order valence-corrected chi connectivity index (χ2v) is 10.5. The van der Waals surface area contributed by atoms with Gasteiger partial charge in [-0.15, -0.1) is 0 Å². The number of rotatable bonds is 3. The van der Waals surface area contributed by atoms with E-state index in [1.54, 1.807) is 6.07 Å². The molecule has 4 nitrogen and oxygen atoms in total. The molecular formula is C25H29Cl2NO3. The van der Waals surface area contributed by atoms with Crippen LogP contribution < -0.4 is 5.32 Å². The van der Waals surface area contributed by atoms with E-state index in [4.69, 9.17) is 27.9 Å². The van der Waals surface area contributed by atoms with E-state index in [9.17, 15) is 9.59 Å². The predicted molar refractivity (Wildman–Crippen MR) is 123 cm³/mol. The molecule has 3 aliphatic rings. The number of hydrogen-bond donors (Lipinski definition) is 1. The summed E-state index contributed by atoms with van der Waals surface area (Å²) in [6.07, 6.45) is 6.16. The minimum atomic E-state index is -0.581. The molecule has 0 radical (unpaired) electrons. The Balaban J connectivity index is 1.80. The summed E-state index contributed by atoms with van der Waals surface area (Å²) in [5, 5.41) is 4.14. The number of allylic oxidation sites excluding steroid dienone is 3. The monoisotopic (exact) mass is 461 g/mol. The molecule has 1 aromatic rings. The zero-order valence-corrected chi connectivity index (χ0v) is 19.8. The van der Waals surface area contributed by atoms with Crippen LogP contribution in [0.15, 0.2) is 40.7 Å². The van der Waals surface area contributed by atoms with Crippen molar-refractivity contribution in [2.75, 3.05) is 0 Å². The van der Waals surface area contributed by atoms with Crippen LogP contribution in [-0.4, -0.2) is 17.9 Å². The molecule has 0 saturated heterocycles. The average molecular weight is 462 g/mol. The summed E-state index contributed by atoms with van der Waals surface area (Å²) in [4.78, 5) is 26.8. The van der Waals surface area contributed by atoms with Crippen molar-refractivity contribution in [2.45, 2.75) is 77.7 Å². The fourth-order valence-electron chi connectivity index (χ4n) is 5.16. The van der Waals surface area contributed by atoms with Crippen LogP contribution in [-0.2, 0) is 14.3 Å². The highest BCUT2D eigenvalue weighted by molar-refractivity contribution is 6.42. The van der Waals surface area contributed by atoms with Gasteiger partial charge in [0, 0.05) is 29.3 Å². The van der Waals surface area contributed by atoms with Gasteiger partial charge in [0.15, 0.2) is 5.78 Å². The highest BCUT2D eigenvalue weighted by Crippen LogP contribution is 2.49. The zero-order valence-electron chi connectivity index (χ0n) is 18.3. The number of dihydropyridines is 1. The Morgan fingerprint density at radius 1 is 1.13 bits per heavy atom. The molecule has 1 N–H and O–H groups in total. The molecule has 0 bridgehead atoms. The lowest BCUT2D eigenvalue weighted by molar-refractivity contribution is -0.146. The molecule has 1 heterocycles. The minimum Gasteiger partial charge on any atom is -0.459 e. The number of ketones is 1. The molecule has 0 amide bonds. The maximum Gasteiger partial charge on any atom is 0.337 e. The number of nitrogens with one attached hydrogen (secondary N) is 1. The molecular weight excluding hydrogens is 433 g/mol. The molecule has 4 rings (SSSR count). The maximum absolute atomic E-state index is 13.4. The van der Waals surface area contributed by atoms with Gasteiger partial charge in [-0.3, -0.25) is 4.79 Å². The maximum atomic E-state index is 13.4. The quantitative estimate of drug-likeness (QED) is 0.523. The normalized spacial score (nSPS) is 24.0. The van der Waals surface area contributed by atoms with Crippen LogP contribution in [0.25, 0.3) is 0 Å². The Hall–Kier alpha value is -1.78. The first-order valence-electron chi connectivity index (χ1n) is 11.1. The number of carbonyl (C=O) groups is 2. The summed E-state index contributed by atoms with van der Waals surface area (Å²) in [6.45, 7) is 6.05. The van der Waals surface area contributed by atoms with Crippen LogP contribution in [0.5, 0.6) is 0 Å². The van der Waals surface area contributed by atoms with Gasteiger partial charge >= 0.3 is 5.97 Å². The molecule has 0 spiro atoms. The summed E-state index contributed by atoms with van der Waals surface area (Å²) in [7, 11) is 0. The van der Waals surface area contributed by atoms with Crippen molar-refractivity contribution in [3.05, 3.63) is 56.3 Å². The van der Waals surface area contributed by atoms with E-state index < -0.39 is 5.92 Å². The van der Waals surface area contributed by atoms with Crippen LogP contribution in [0.2, 0.25) is 10.0 Å². The van der Waals surface area contributed by atoms with Crippen molar-refractivity contribution in [3.8, 4) is 0 Å². The number of ether oxygens (including phenoxy) is 1. The summed E-state index contributed by atoms with van der Waals surface area (Å²) < 4.78 is 5.93. The molecule has 166 valence electrons. The molecule has 1 aliphatic heterocycles. The number of esters is 1. The smallest absolute Gasteiger partial charge is 0.337 e. The van der Waals surface area contributed by atoms with Gasteiger partial charge in [-0.1, -0.05) is 55.6 Å². The molecule has 2 aliphatic carbocycles. The molecule has 6 heteroatoms.